The number of anilines is 1. The molecular weight excluding hydrogens is 498 g/mol. The van der Waals surface area contributed by atoms with Gasteiger partial charge >= 0.3 is 0 Å². The van der Waals surface area contributed by atoms with E-state index in [-0.39, 0.29) is 11.9 Å². The van der Waals surface area contributed by atoms with Crippen LogP contribution in [0.2, 0.25) is 0 Å². The Hall–Kier alpha value is -3.71. The van der Waals surface area contributed by atoms with Gasteiger partial charge < -0.3 is 15.0 Å². The van der Waals surface area contributed by atoms with Crippen LogP contribution in [0, 0.1) is 5.92 Å². The fraction of sp³-hybridized carbons (Fsp3) is 0.424. The van der Waals surface area contributed by atoms with E-state index < -0.39 is 0 Å². The van der Waals surface area contributed by atoms with Crippen molar-refractivity contribution in [2.45, 2.75) is 70.5 Å². The highest BCUT2D eigenvalue weighted by atomic mass is 16.5. The molecule has 2 unspecified atom stereocenters. The molecule has 0 radical (unpaired) electrons. The number of carbonyl (C=O) groups is 1. The van der Waals surface area contributed by atoms with Crippen LogP contribution in [0.4, 0.5) is 5.69 Å². The van der Waals surface area contributed by atoms with Gasteiger partial charge in [0.1, 0.15) is 0 Å². The number of nitrogens with one attached hydrogen (secondary N) is 2. The Morgan fingerprint density at radius 1 is 1.02 bits per heavy atom. The Labute approximate surface area is 236 Å². The maximum atomic E-state index is 13.6. The van der Waals surface area contributed by atoms with Crippen LogP contribution in [0.15, 0.2) is 66.9 Å². The molecule has 208 valence electrons. The van der Waals surface area contributed by atoms with Crippen molar-refractivity contribution in [3.05, 3.63) is 78.1 Å². The lowest BCUT2D eigenvalue weighted by molar-refractivity contribution is 0.0644. The zero-order chi connectivity index (χ0) is 27.5. The average molecular weight is 538 g/mol. The number of aromatic amines is 1. The van der Waals surface area contributed by atoms with E-state index in [2.05, 4.69) is 63.5 Å². The van der Waals surface area contributed by atoms with Crippen LogP contribution in [0.3, 0.4) is 0 Å². The Bertz CT molecular complexity index is 1420. The summed E-state index contributed by atoms with van der Waals surface area (Å²) in [7, 11) is 0. The highest BCUT2D eigenvalue weighted by Crippen LogP contribution is 2.36. The molecule has 1 aliphatic carbocycles. The number of ether oxygens (including phenoxy) is 1. The van der Waals surface area contributed by atoms with E-state index in [4.69, 9.17) is 4.74 Å². The van der Waals surface area contributed by atoms with Crippen molar-refractivity contribution in [2.75, 3.05) is 18.1 Å². The van der Waals surface area contributed by atoms with Gasteiger partial charge in [-0.25, -0.2) is 0 Å². The number of aromatic nitrogens is 3. The Balaban J connectivity index is 1.26. The molecule has 1 saturated heterocycles. The molecule has 4 aromatic rings. The molecule has 2 N–H and O–H groups in total. The Kier molecular flexibility index (Phi) is 7.82. The molecule has 1 aliphatic heterocycles. The minimum absolute atomic E-state index is 0.0736. The van der Waals surface area contributed by atoms with Gasteiger partial charge in [0.2, 0.25) is 0 Å². The summed E-state index contributed by atoms with van der Waals surface area (Å²) in [4.78, 5) is 20.7. The smallest absolute Gasteiger partial charge is 0.251 e. The van der Waals surface area contributed by atoms with Crippen molar-refractivity contribution in [3.8, 4) is 11.3 Å². The quantitative estimate of drug-likeness (QED) is 0.262. The topological polar surface area (TPSA) is 83.1 Å². The molecular formula is C33H39N5O2. The number of hydrogen-bond donors (Lipinski definition) is 2. The van der Waals surface area contributed by atoms with Crippen LogP contribution >= 0.6 is 0 Å². The second kappa shape index (κ2) is 11.8. The summed E-state index contributed by atoms with van der Waals surface area (Å²) in [5.41, 5.74) is 5.59. The van der Waals surface area contributed by atoms with Gasteiger partial charge in [-0.15, -0.1) is 0 Å². The van der Waals surface area contributed by atoms with Gasteiger partial charge in [-0.05, 0) is 74.1 Å². The van der Waals surface area contributed by atoms with Crippen molar-refractivity contribution in [3.63, 3.8) is 0 Å². The van der Waals surface area contributed by atoms with Crippen LogP contribution in [0.5, 0.6) is 0 Å². The summed E-state index contributed by atoms with van der Waals surface area (Å²) < 4.78 is 5.88. The minimum Gasteiger partial charge on any atom is -0.377 e. The Morgan fingerprint density at radius 3 is 2.45 bits per heavy atom. The SMILES string of the molecule is CCC1COCC(CC)N1c1ccc(-c2n[nH]c3ccc(C(=O)N[C@H](c4ccccn4)C4CCCC4)cc23)cc1. The summed E-state index contributed by atoms with van der Waals surface area (Å²) in [5, 5.41) is 12.1. The van der Waals surface area contributed by atoms with Gasteiger partial charge in [0, 0.05) is 28.4 Å². The molecule has 6 rings (SSSR count). The lowest BCUT2D eigenvalue weighted by Gasteiger charge is -2.43. The summed E-state index contributed by atoms with van der Waals surface area (Å²) in [5.74, 6) is 0.340. The average Bonchev–Trinajstić information content (AvgIpc) is 3.70. The third kappa shape index (κ3) is 5.22. The van der Waals surface area contributed by atoms with Crippen LogP contribution in [0.25, 0.3) is 22.2 Å². The number of hydrogen-bond acceptors (Lipinski definition) is 5. The van der Waals surface area contributed by atoms with Crippen molar-refractivity contribution in [2.24, 2.45) is 5.92 Å². The second-order valence-electron chi connectivity index (χ2n) is 11.2. The number of fused-ring (bicyclic) bond motifs is 1. The molecule has 1 amide bonds. The number of amides is 1. The first-order valence-electron chi connectivity index (χ1n) is 14.8. The predicted molar refractivity (Wildman–Crippen MR) is 159 cm³/mol. The molecule has 7 heteroatoms. The largest absolute Gasteiger partial charge is 0.377 e. The van der Waals surface area contributed by atoms with E-state index in [1.807, 2.05) is 42.6 Å². The molecule has 3 heterocycles. The highest BCUT2D eigenvalue weighted by Gasteiger charge is 2.30. The van der Waals surface area contributed by atoms with E-state index in [0.717, 1.165) is 66.8 Å². The molecule has 0 bridgehead atoms. The van der Waals surface area contributed by atoms with Gasteiger partial charge in [0.25, 0.3) is 5.91 Å². The third-order valence-electron chi connectivity index (χ3n) is 8.78. The molecule has 0 spiro atoms. The van der Waals surface area contributed by atoms with E-state index in [0.29, 0.717) is 23.6 Å². The van der Waals surface area contributed by atoms with E-state index in [1.54, 1.807) is 0 Å². The number of nitrogens with zero attached hydrogens (tertiary/aromatic N) is 3. The van der Waals surface area contributed by atoms with Crippen LogP contribution in [0.1, 0.15) is 74.5 Å². The van der Waals surface area contributed by atoms with Gasteiger partial charge in [0.15, 0.2) is 0 Å². The standard InChI is InChI=1S/C33H39N5O2/c1-3-25-20-40-21-26(4-2)38(25)27-15-12-23(13-16-27)31-28-19-24(14-17-29(28)36-37-31)33(39)35-32(22-9-5-6-10-22)30-11-7-8-18-34-30/h7-8,11-19,22,25-26,32H,3-6,9-10,20-21H2,1-2H3,(H,35,39)(H,36,37)/t25?,26?,32-/m0/s1. The summed E-state index contributed by atoms with van der Waals surface area (Å²) in [6.45, 7) is 5.99. The van der Waals surface area contributed by atoms with Crippen molar-refractivity contribution < 1.29 is 9.53 Å². The van der Waals surface area contributed by atoms with Crippen molar-refractivity contribution >= 4 is 22.5 Å². The van der Waals surface area contributed by atoms with E-state index in [1.165, 1.54) is 18.5 Å². The van der Waals surface area contributed by atoms with Gasteiger partial charge in [0.05, 0.1) is 48.2 Å². The zero-order valence-electron chi connectivity index (χ0n) is 23.5. The molecule has 3 atom stereocenters. The number of benzene rings is 2. The monoisotopic (exact) mass is 537 g/mol. The van der Waals surface area contributed by atoms with Crippen LogP contribution < -0.4 is 10.2 Å². The number of rotatable bonds is 8. The Morgan fingerprint density at radius 2 is 1.77 bits per heavy atom. The zero-order valence-corrected chi connectivity index (χ0v) is 23.5. The fourth-order valence-electron chi connectivity index (χ4n) is 6.52. The van der Waals surface area contributed by atoms with Crippen molar-refractivity contribution in [1.29, 1.82) is 0 Å². The fourth-order valence-corrected chi connectivity index (χ4v) is 6.52. The molecule has 2 fully saturated rings. The number of pyridine rings is 1. The molecule has 1 saturated carbocycles. The lowest BCUT2D eigenvalue weighted by atomic mass is 9.94. The number of H-pyrrole nitrogens is 1. The summed E-state index contributed by atoms with van der Waals surface area (Å²) in [6.07, 6.45) is 8.55. The molecule has 40 heavy (non-hydrogen) atoms. The molecule has 2 aromatic carbocycles. The molecule has 7 nitrogen and oxygen atoms in total. The highest BCUT2D eigenvalue weighted by molar-refractivity contribution is 6.01. The predicted octanol–water partition coefficient (Wildman–Crippen LogP) is 6.68. The van der Waals surface area contributed by atoms with E-state index in [9.17, 15) is 4.79 Å². The number of morpholine rings is 1. The third-order valence-corrected chi connectivity index (χ3v) is 8.78. The maximum absolute atomic E-state index is 13.6. The second-order valence-corrected chi connectivity index (χ2v) is 11.2. The van der Waals surface area contributed by atoms with Gasteiger partial charge in [-0.1, -0.05) is 44.9 Å². The van der Waals surface area contributed by atoms with Crippen LogP contribution in [-0.2, 0) is 4.74 Å². The number of carbonyl (C=O) groups excluding carboxylic acids is 1. The van der Waals surface area contributed by atoms with Gasteiger partial charge in [-0.2, -0.15) is 5.10 Å². The molecule has 2 aromatic heterocycles. The van der Waals surface area contributed by atoms with Crippen LogP contribution in [-0.4, -0.2) is 46.4 Å². The molecule has 2 aliphatic rings. The normalized spacial score (nSPS) is 20.6. The lowest BCUT2D eigenvalue weighted by Crippen LogP contribution is -2.52. The van der Waals surface area contributed by atoms with Crippen molar-refractivity contribution in [1.82, 2.24) is 20.5 Å². The summed E-state index contributed by atoms with van der Waals surface area (Å²) in [6, 6.07) is 21.1. The maximum Gasteiger partial charge on any atom is 0.251 e. The van der Waals surface area contributed by atoms with E-state index >= 15 is 0 Å². The minimum atomic E-state index is -0.0812. The summed E-state index contributed by atoms with van der Waals surface area (Å²) >= 11 is 0. The first-order valence-corrected chi connectivity index (χ1v) is 14.8. The van der Waals surface area contributed by atoms with Gasteiger partial charge in [-0.3, -0.25) is 14.9 Å². The first kappa shape index (κ1) is 26.5. The first-order chi connectivity index (χ1) is 19.7.